The van der Waals surface area contributed by atoms with Gasteiger partial charge in [-0.05, 0) is 67.4 Å². The van der Waals surface area contributed by atoms with Gasteiger partial charge >= 0.3 is 0 Å². The first-order valence-corrected chi connectivity index (χ1v) is 15.4. The van der Waals surface area contributed by atoms with E-state index < -0.39 is 17.3 Å². The summed E-state index contributed by atoms with van der Waals surface area (Å²) in [4.78, 5) is 29.9. The predicted molar refractivity (Wildman–Crippen MR) is 181 cm³/mol. The van der Waals surface area contributed by atoms with Gasteiger partial charge in [0.1, 0.15) is 29.1 Å². The second-order valence-electron chi connectivity index (χ2n) is 12.0. The molecule has 0 aliphatic carbocycles. The van der Waals surface area contributed by atoms with Gasteiger partial charge in [0.15, 0.2) is 24.0 Å². The summed E-state index contributed by atoms with van der Waals surface area (Å²) in [7, 11) is 4.88. The second-order valence-corrected chi connectivity index (χ2v) is 12.0. The van der Waals surface area contributed by atoms with Crippen molar-refractivity contribution in [1.29, 1.82) is 0 Å². The molecule has 0 atom stereocenters. The molecule has 8 nitrogen and oxygen atoms in total. The van der Waals surface area contributed by atoms with Crippen LogP contribution >= 0.6 is 0 Å². The highest BCUT2D eigenvalue weighted by Crippen LogP contribution is 2.40. The highest BCUT2D eigenvalue weighted by molar-refractivity contribution is 5.95. The average molecular weight is 642 g/mol. The van der Waals surface area contributed by atoms with Crippen molar-refractivity contribution >= 4 is 23.2 Å². The number of aryl methyl sites for hydroxylation is 3. The van der Waals surface area contributed by atoms with E-state index in [1.165, 1.54) is 16.7 Å². The number of ether oxygens (including phenoxy) is 2. The Balaban J connectivity index is 1.46. The molecule has 0 saturated carbocycles. The van der Waals surface area contributed by atoms with Crippen LogP contribution in [0.1, 0.15) is 42.9 Å². The van der Waals surface area contributed by atoms with Crippen LogP contribution in [0, 0.1) is 25.5 Å². The van der Waals surface area contributed by atoms with Crippen molar-refractivity contribution in [2.24, 2.45) is 12.0 Å². The van der Waals surface area contributed by atoms with Crippen molar-refractivity contribution in [3.63, 3.8) is 0 Å². The van der Waals surface area contributed by atoms with Crippen molar-refractivity contribution < 1.29 is 22.8 Å². The number of halogens is 2. The van der Waals surface area contributed by atoms with Gasteiger partial charge in [-0.25, -0.2) is 13.3 Å². The van der Waals surface area contributed by atoms with Gasteiger partial charge < -0.3 is 18.6 Å². The normalized spacial score (nSPS) is 11.4. The highest BCUT2D eigenvalue weighted by Gasteiger charge is 2.20. The standard InChI is InChI=1S/C37H39F2N4O4/c1-21(2)34-32(46-7)16-25(17-33(34)47-8)27-20-43(36(44)23(4)22(27)3)12-9-11-42-13-10-26-28(18-41(6)37(45)29(26)19-42)24-14-30(38)35(40-5)31(39)15-24/h10,13-21H,5,9,11-12H2,1-4,6-8H3/q+1. The molecule has 0 bridgehead atoms. The smallest absolute Gasteiger partial charge is 0.264 e. The maximum absolute atomic E-state index is 14.5. The Kier molecular flexibility index (Phi) is 9.42. The van der Waals surface area contributed by atoms with E-state index in [0.29, 0.717) is 41.4 Å². The van der Waals surface area contributed by atoms with Crippen molar-refractivity contribution in [3.05, 3.63) is 104 Å². The molecule has 10 heteroatoms. The lowest BCUT2D eigenvalue weighted by atomic mass is 9.94. The Morgan fingerprint density at radius 2 is 1.51 bits per heavy atom. The van der Waals surface area contributed by atoms with Gasteiger partial charge in [-0.1, -0.05) is 13.8 Å². The third-order valence-electron chi connectivity index (χ3n) is 8.75. The lowest BCUT2D eigenvalue weighted by Gasteiger charge is -2.20. The van der Waals surface area contributed by atoms with Gasteiger partial charge in [-0.15, -0.1) is 0 Å². The first kappa shape index (κ1) is 33.2. The maximum atomic E-state index is 14.5. The summed E-state index contributed by atoms with van der Waals surface area (Å²) in [5.74, 6) is -0.0193. The van der Waals surface area contributed by atoms with E-state index in [1.807, 2.05) is 42.9 Å². The SMILES string of the molecule is C=Nc1c(F)cc(-c2cn(C)c(=O)c3c[n+](CCCn4cc(-c5cc(OC)c(C(C)C)c(OC)c5)c(C)c(C)c4=O)ccc23)cc1F. The summed E-state index contributed by atoms with van der Waals surface area (Å²) >= 11 is 0. The molecule has 0 radical (unpaired) electrons. The van der Waals surface area contributed by atoms with Crippen LogP contribution < -0.4 is 25.2 Å². The van der Waals surface area contributed by atoms with Gasteiger partial charge in [-0.2, -0.15) is 0 Å². The number of aliphatic imine (C=N–C) groups is 1. The number of hydrogen-bond acceptors (Lipinski definition) is 5. The molecular weight excluding hydrogens is 602 g/mol. The van der Waals surface area contributed by atoms with Crippen LogP contribution in [0.3, 0.4) is 0 Å². The Hall–Kier alpha value is -5.12. The van der Waals surface area contributed by atoms with E-state index in [4.69, 9.17) is 9.47 Å². The fraction of sp³-hybridized carbons (Fsp3) is 0.297. The third-order valence-corrected chi connectivity index (χ3v) is 8.75. The van der Waals surface area contributed by atoms with E-state index in [0.717, 1.165) is 33.8 Å². The summed E-state index contributed by atoms with van der Waals surface area (Å²) in [6, 6.07) is 8.12. The molecule has 3 aromatic heterocycles. The minimum Gasteiger partial charge on any atom is -0.496 e. The molecule has 0 fully saturated rings. The Bertz CT molecular complexity index is 2100. The molecule has 0 amide bonds. The Morgan fingerprint density at radius 3 is 2.09 bits per heavy atom. The minimum atomic E-state index is -0.835. The molecule has 47 heavy (non-hydrogen) atoms. The second kappa shape index (κ2) is 13.3. The predicted octanol–water partition coefficient (Wildman–Crippen LogP) is 6.78. The number of rotatable bonds is 10. The van der Waals surface area contributed by atoms with Crippen LogP contribution in [-0.4, -0.2) is 30.1 Å². The van der Waals surface area contributed by atoms with E-state index in [1.54, 1.807) is 44.3 Å². The fourth-order valence-corrected chi connectivity index (χ4v) is 6.13. The van der Waals surface area contributed by atoms with E-state index in [2.05, 4.69) is 25.6 Å². The summed E-state index contributed by atoms with van der Waals surface area (Å²) in [6.45, 7) is 12.1. The summed E-state index contributed by atoms with van der Waals surface area (Å²) in [6.07, 6.45) is 7.60. The van der Waals surface area contributed by atoms with Crippen molar-refractivity contribution in [2.75, 3.05) is 14.2 Å². The van der Waals surface area contributed by atoms with Crippen LogP contribution in [0.25, 0.3) is 33.0 Å². The minimum absolute atomic E-state index is 0.0665. The van der Waals surface area contributed by atoms with Crippen molar-refractivity contribution in [3.8, 4) is 33.8 Å². The largest absolute Gasteiger partial charge is 0.496 e. The first-order chi connectivity index (χ1) is 22.4. The van der Waals surface area contributed by atoms with Gasteiger partial charge in [-0.3, -0.25) is 14.6 Å². The number of pyridine rings is 3. The van der Waals surface area contributed by atoms with Crippen LogP contribution in [0.4, 0.5) is 14.5 Å². The fourth-order valence-electron chi connectivity index (χ4n) is 6.13. The summed E-state index contributed by atoms with van der Waals surface area (Å²) in [5.41, 5.74) is 4.37. The van der Waals surface area contributed by atoms with Crippen molar-refractivity contribution in [1.82, 2.24) is 9.13 Å². The first-order valence-electron chi connectivity index (χ1n) is 15.4. The molecule has 0 N–H and O–H groups in total. The number of hydrogen-bond donors (Lipinski definition) is 0. The van der Waals surface area contributed by atoms with E-state index in [-0.39, 0.29) is 22.6 Å². The van der Waals surface area contributed by atoms with E-state index >= 15 is 0 Å². The molecule has 0 saturated heterocycles. The van der Waals surface area contributed by atoms with Gasteiger partial charge in [0.2, 0.25) is 0 Å². The molecule has 0 spiro atoms. The Morgan fingerprint density at radius 1 is 0.894 bits per heavy atom. The number of fused-ring (bicyclic) bond motifs is 1. The lowest BCUT2D eigenvalue weighted by molar-refractivity contribution is -0.696. The topological polar surface area (TPSA) is 78.7 Å². The van der Waals surface area contributed by atoms with Crippen LogP contribution in [0.15, 0.2) is 69.7 Å². The zero-order valence-electron chi connectivity index (χ0n) is 27.8. The van der Waals surface area contributed by atoms with E-state index in [9.17, 15) is 18.4 Å². The molecule has 5 rings (SSSR count). The van der Waals surface area contributed by atoms with Gasteiger partial charge in [0.05, 0.1) is 14.2 Å². The number of aromatic nitrogens is 3. The maximum Gasteiger partial charge on any atom is 0.264 e. The molecule has 0 unspecified atom stereocenters. The molecule has 3 heterocycles. The molecular formula is C37H39F2N4O4+. The number of nitrogens with zero attached hydrogens (tertiary/aromatic N) is 4. The number of methoxy groups -OCH3 is 2. The molecule has 0 aliphatic heterocycles. The highest BCUT2D eigenvalue weighted by atomic mass is 19.1. The zero-order chi connectivity index (χ0) is 34.2. The lowest BCUT2D eigenvalue weighted by Crippen LogP contribution is -2.35. The molecule has 0 aliphatic rings. The summed E-state index contributed by atoms with van der Waals surface area (Å²) in [5, 5.41) is 0.962. The number of benzene rings is 2. The van der Waals surface area contributed by atoms with Crippen molar-refractivity contribution in [2.45, 2.75) is 53.1 Å². The van der Waals surface area contributed by atoms with Gasteiger partial charge in [0, 0.05) is 66.1 Å². The molecule has 2 aromatic carbocycles. The van der Waals surface area contributed by atoms with Gasteiger partial charge in [0.25, 0.3) is 11.1 Å². The quantitative estimate of drug-likeness (QED) is 0.124. The average Bonchev–Trinajstić information content (AvgIpc) is 3.05. The van der Waals surface area contributed by atoms with Crippen LogP contribution in [0.5, 0.6) is 11.5 Å². The molecule has 5 aromatic rings. The third kappa shape index (κ3) is 6.19. The Labute approximate surface area is 272 Å². The monoisotopic (exact) mass is 641 g/mol. The molecule has 244 valence electrons. The zero-order valence-corrected chi connectivity index (χ0v) is 27.8. The van der Waals surface area contributed by atoms with Crippen LogP contribution in [0.2, 0.25) is 0 Å². The summed E-state index contributed by atoms with van der Waals surface area (Å²) < 4.78 is 45.6. The van der Waals surface area contributed by atoms with Crippen LogP contribution in [-0.2, 0) is 20.1 Å².